The van der Waals surface area contributed by atoms with Gasteiger partial charge in [0.25, 0.3) is 6.43 Å². The number of alkyl halides is 5. The average Bonchev–Trinajstić information content (AvgIpc) is 3.29. The van der Waals surface area contributed by atoms with Crippen molar-refractivity contribution in [3.63, 3.8) is 0 Å². The van der Waals surface area contributed by atoms with Crippen LogP contribution in [0.2, 0.25) is 0 Å². The molecule has 15 heteroatoms. The minimum absolute atomic E-state index is 0.00433. The number of para-hydroxylation sites is 1. The van der Waals surface area contributed by atoms with Crippen LogP contribution in [0.15, 0.2) is 53.4 Å². The van der Waals surface area contributed by atoms with Crippen LogP contribution in [0, 0.1) is 0 Å². The van der Waals surface area contributed by atoms with Gasteiger partial charge < -0.3 is 15.4 Å². The summed E-state index contributed by atoms with van der Waals surface area (Å²) in [5, 5.41) is 5.64. The summed E-state index contributed by atoms with van der Waals surface area (Å²) in [5.41, 5.74) is -0.941. The van der Waals surface area contributed by atoms with Crippen molar-refractivity contribution in [3.05, 3.63) is 60.0 Å². The van der Waals surface area contributed by atoms with Gasteiger partial charge in [0.2, 0.25) is 0 Å². The van der Waals surface area contributed by atoms with Gasteiger partial charge in [-0.2, -0.15) is 13.2 Å². The summed E-state index contributed by atoms with van der Waals surface area (Å²) in [7, 11) is -3.69. The van der Waals surface area contributed by atoms with E-state index in [0.717, 1.165) is 24.8 Å². The van der Waals surface area contributed by atoms with Crippen molar-refractivity contribution in [1.82, 2.24) is 19.5 Å². The SMILES string of the molecule is CS(=O)(=O)c1ccccc1Nc1cc(Nc2cccc(C(F)(F)F)n2)nc2c1nc(C(F)F)n2C1CCCCO1. The maximum atomic E-state index is 14.2. The van der Waals surface area contributed by atoms with Crippen molar-refractivity contribution >= 4 is 44.0 Å². The summed E-state index contributed by atoms with van der Waals surface area (Å²) >= 11 is 0. The van der Waals surface area contributed by atoms with Crippen molar-refractivity contribution < 1.29 is 35.1 Å². The highest BCUT2D eigenvalue weighted by Gasteiger charge is 2.33. The average molecular weight is 583 g/mol. The molecule has 1 fully saturated rings. The van der Waals surface area contributed by atoms with Crippen molar-refractivity contribution in [3.8, 4) is 0 Å². The molecule has 0 spiro atoms. The van der Waals surface area contributed by atoms with Gasteiger partial charge in [-0.25, -0.2) is 32.2 Å². The van der Waals surface area contributed by atoms with Gasteiger partial charge in [-0.05, 0) is 43.5 Å². The number of fused-ring (bicyclic) bond motifs is 1. The molecular formula is C25H23F5N6O3S. The molecule has 9 nitrogen and oxygen atoms in total. The van der Waals surface area contributed by atoms with Gasteiger partial charge in [-0.15, -0.1) is 0 Å². The van der Waals surface area contributed by atoms with Crippen LogP contribution in [0.3, 0.4) is 0 Å². The lowest BCUT2D eigenvalue weighted by molar-refractivity contribution is -0.141. The van der Waals surface area contributed by atoms with E-state index in [-0.39, 0.29) is 39.1 Å². The van der Waals surface area contributed by atoms with Gasteiger partial charge in [0.05, 0.1) is 16.3 Å². The summed E-state index contributed by atoms with van der Waals surface area (Å²) in [6, 6.07) is 10.6. The molecule has 0 aliphatic carbocycles. The minimum atomic E-state index is -4.69. The number of nitrogens with one attached hydrogen (secondary N) is 2. The number of pyridine rings is 2. The number of halogens is 5. The quantitative estimate of drug-likeness (QED) is 0.242. The Morgan fingerprint density at radius 3 is 2.42 bits per heavy atom. The number of nitrogens with zero attached hydrogens (tertiary/aromatic N) is 4. The summed E-state index contributed by atoms with van der Waals surface area (Å²) in [5.74, 6) is -0.849. The Labute approximate surface area is 225 Å². The second-order valence-electron chi connectivity index (χ2n) is 9.11. The number of aromatic nitrogens is 4. The first-order valence-electron chi connectivity index (χ1n) is 12.1. The van der Waals surface area contributed by atoms with Gasteiger partial charge >= 0.3 is 6.18 Å². The van der Waals surface area contributed by atoms with Gasteiger partial charge in [0, 0.05) is 18.9 Å². The number of ether oxygens (including phenoxy) is 1. The molecule has 1 aromatic carbocycles. The molecular weight excluding hydrogens is 559 g/mol. The fraction of sp³-hybridized carbons (Fsp3) is 0.320. The van der Waals surface area contributed by atoms with E-state index in [1.54, 1.807) is 6.07 Å². The molecule has 2 N–H and O–H groups in total. The van der Waals surface area contributed by atoms with E-state index in [1.165, 1.54) is 34.9 Å². The van der Waals surface area contributed by atoms with Gasteiger partial charge in [-0.1, -0.05) is 18.2 Å². The molecule has 1 aliphatic rings. The predicted molar refractivity (Wildman–Crippen MR) is 137 cm³/mol. The van der Waals surface area contributed by atoms with Crippen molar-refractivity contribution in [2.45, 2.75) is 43.0 Å². The zero-order valence-electron chi connectivity index (χ0n) is 20.9. The first-order chi connectivity index (χ1) is 18.9. The highest BCUT2D eigenvalue weighted by Crippen LogP contribution is 2.37. The van der Waals surface area contributed by atoms with Crippen molar-refractivity contribution in [2.75, 3.05) is 23.5 Å². The number of rotatable bonds is 7. The van der Waals surface area contributed by atoms with Crippen LogP contribution in [-0.4, -0.2) is 40.8 Å². The first kappa shape index (κ1) is 27.7. The van der Waals surface area contributed by atoms with E-state index in [4.69, 9.17) is 4.74 Å². The Morgan fingerprint density at radius 2 is 1.75 bits per heavy atom. The molecule has 4 aromatic rings. The fourth-order valence-corrected chi connectivity index (χ4v) is 5.28. The third-order valence-electron chi connectivity index (χ3n) is 6.17. The highest BCUT2D eigenvalue weighted by atomic mass is 32.2. The zero-order chi connectivity index (χ0) is 28.7. The molecule has 1 saturated heterocycles. The summed E-state index contributed by atoms with van der Waals surface area (Å²) in [6.45, 7) is 0.339. The molecule has 0 bridgehead atoms. The lowest BCUT2D eigenvalue weighted by atomic mass is 10.2. The molecule has 212 valence electrons. The molecule has 0 radical (unpaired) electrons. The zero-order valence-corrected chi connectivity index (χ0v) is 21.7. The number of anilines is 4. The molecule has 3 aromatic heterocycles. The first-order valence-corrected chi connectivity index (χ1v) is 14.0. The number of hydrogen-bond donors (Lipinski definition) is 2. The van der Waals surface area contributed by atoms with E-state index in [0.29, 0.717) is 19.4 Å². The maximum Gasteiger partial charge on any atom is 0.433 e. The number of imidazole rings is 1. The van der Waals surface area contributed by atoms with Crippen LogP contribution < -0.4 is 10.6 Å². The Balaban J connectivity index is 1.69. The van der Waals surface area contributed by atoms with Crippen molar-refractivity contribution in [1.29, 1.82) is 0 Å². The third-order valence-corrected chi connectivity index (χ3v) is 7.32. The molecule has 40 heavy (non-hydrogen) atoms. The number of benzene rings is 1. The van der Waals surface area contributed by atoms with Crippen LogP contribution in [-0.2, 0) is 20.8 Å². The minimum Gasteiger partial charge on any atom is -0.358 e. The Morgan fingerprint density at radius 1 is 0.975 bits per heavy atom. The highest BCUT2D eigenvalue weighted by molar-refractivity contribution is 7.90. The molecule has 5 rings (SSSR count). The molecule has 0 amide bonds. The van der Waals surface area contributed by atoms with Crippen molar-refractivity contribution in [2.24, 2.45) is 0 Å². The van der Waals surface area contributed by atoms with E-state index in [9.17, 15) is 30.4 Å². The van der Waals surface area contributed by atoms with E-state index in [2.05, 4.69) is 25.6 Å². The second-order valence-corrected chi connectivity index (χ2v) is 11.1. The molecule has 1 aliphatic heterocycles. The smallest absolute Gasteiger partial charge is 0.358 e. The summed E-state index contributed by atoms with van der Waals surface area (Å²) < 4.78 is 99.8. The van der Waals surface area contributed by atoms with Crippen LogP contribution in [0.25, 0.3) is 11.2 Å². The Hall–Kier alpha value is -3.85. The number of sulfone groups is 1. The van der Waals surface area contributed by atoms with E-state index >= 15 is 0 Å². The topological polar surface area (TPSA) is 111 Å². The predicted octanol–water partition coefficient (Wildman–Crippen LogP) is 6.37. The maximum absolute atomic E-state index is 14.2. The van der Waals surface area contributed by atoms with Crippen LogP contribution in [0.4, 0.5) is 45.0 Å². The fourth-order valence-electron chi connectivity index (χ4n) is 4.44. The van der Waals surface area contributed by atoms with E-state index in [1.807, 2.05) is 0 Å². The summed E-state index contributed by atoms with van der Waals surface area (Å²) in [4.78, 5) is 12.1. The largest absolute Gasteiger partial charge is 0.433 e. The third kappa shape index (κ3) is 5.70. The van der Waals surface area contributed by atoms with Crippen LogP contribution >= 0.6 is 0 Å². The lowest BCUT2D eigenvalue weighted by Gasteiger charge is -2.25. The van der Waals surface area contributed by atoms with Crippen LogP contribution in [0.5, 0.6) is 0 Å². The van der Waals surface area contributed by atoms with Gasteiger partial charge in [0.15, 0.2) is 21.3 Å². The van der Waals surface area contributed by atoms with Gasteiger partial charge in [-0.3, -0.25) is 4.57 Å². The second kappa shape index (κ2) is 10.6. The van der Waals surface area contributed by atoms with Crippen LogP contribution in [0.1, 0.15) is 43.4 Å². The summed E-state index contributed by atoms with van der Waals surface area (Å²) in [6.07, 6.45) is -5.59. The lowest BCUT2D eigenvalue weighted by Crippen LogP contribution is -2.20. The molecule has 0 saturated carbocycles. The Kier molecular flexibility index (Phi) is 7.35. The normalized spacial score (nSPS) is 16.4. The molecule has 4 heterocycles. The molecule has 1 atom stereocenters. The molecule has 1 unspecified atom stereocenters. The van der Waals surface area contributed by atoms with E-state index < -0.39 is 40.2 Å². The number of hydrogen-bond acceptors (Lipinski definition) is 8. The van der Waals surface area contributed by atoms with Gasteiger partial charge in [0.1, 0.15) is 29.1 Å². The standard InChI is InChI=1S/C25H23F5N6O3S/c1-40(37,38)16-8-3-2-7-14(16)31-15-13-19(33-18-10-6-9-17(32-18)25(28,29)30)34-23-21(15)35-24(22(26)27)36(23)20-11-4-5-12-39-20/h2-3,6-10,13,20,22H,4-5,11-12H2,1H3,(H2,31,32,33,34). The Bertz CT molecular complexity index is 1650. The monoisotopic (exact) mass is 582 g/mol.